The molecule has 1 fully saturated rings. The molecule has 2 aromatic rings. The lowest BCUT2D eigenvalue weighted by atomic mass is 10.1. The van der Waals surface area contributed by atoms with Gasteiger partial charge in [-0.15, -0.1) is 0 Å². The number of hydrogen-bond acceptors (Lipinski definition) is 2. The van der Waals surface area contributed by atoms with Crippen LogP contribution in [0.1, 0.15) is 45.8 Å². The molecule has 21 heavy (non-hydrogen) atoms. The van der Waals surface area contributed by atoms with Crippen molar-refractivity contribution in [2.75, 3.05) is 5.32 Å². The van der Waals surface area contributed by atoms with Crippen molar-refractivity contribution in [2.24, 2.45) is 5.73 Å². The van der Waals surface area contributed by atoms with E-state index >= 15 is 0 Å². The fraction of sp³-hybridized carbons (Fsp3) is 0.278. The van der Waals surface area contributed by atoms with Crippen molar-refractivity contribution in [1.82, 2.24) is 0 Å². The normalized spacial score (nSPS) is 14.0. The van der Waals surface area contributed by atoms with Crippen LogP contribution in [0.3, 0.4) is 0 Å². The third kappa shape index (κ3) is 3.07. The van der Waals surface area contributed by atoms with Crippen LogP contribution in [0.5, 0.6) is 0 Å². The molecule has 1 amide bonds. The number of carbonyl (C=O) groups is 1. The van der Waals surface area contributed by atoms with Crippen molar-refractivity contribution in [3.63, 3.8) is 0 Å². The van der Waals surface area contributed by atoms with E-state index in [1.54, 1.807) is 6.07 Å². The zero-order valence-electron chi connectivity index (χ0n) is 12.2. The highest BCUT2D eigenvalue weighted by atomic mass is 16.1. The maximum Gasteiger partial charge on any atom is 0.249 e. The van der Waals surface area contributed by atoms with E-state index in [4.69, 9.17) is 5.73 Å². The molecule has 3 heteroatoms. The Bertz CT molecular complexity index is 657. The summed E-state index contributed by atoms with van der Waals surface area (Å²) in [7, 11) is 0. The molecule has 0 aromatic heterocycles. The van der Waals surface area contributed by atoms with Crippen molar-refractivity contribution < 1.29 is 4.79 Å². The smallest absolute Gasteiger partial charge is 0.249 e. The van der Waals surface area contributed by atoms with Crippen LogP contribution in [0.15, 0.2) is 42.5 Å². The first-order valence-electron chi connectivity index (χ1n) is 7.37. The third-order valence-electron chi connectivity index (χ3n) is 4.11. The van der Waals surface area contributed by atoms with Crippen molar-refractivity contribution in [1.29, 1.82) is 0 Å². The van der Waals surface area contributed by atoms with Crippen LogP contribution in [-0.2, 0) is 6.54 Å². The predicted molar refractivity (Wildman–Crippen MR) is 85.4 cm³/mol. The monoisotopic (exact) mass is 280 g/mol. The van der Waals surface area contributed by atoms with Crippen LogP contribution in [-0.4, -0.2) is 5.91 Å². The average Bonchev–Trinajstić information content (AvgIpc) is 3.31. The Morgan fingerprint density at radius 1 is 1.19 bits per heavy atom. The number of anilines is 1. The summed E-state index contributed by atoms with van der Waals surface area (Å²) in [5.74, 6) is 0.409. The Balaban J connectivity index is 1.69. The van der Waals surface area contributed by atoms with Gasteiger partial charge in [0.25, 0.3) is 0 Å². The summed E-state index contributed by atoms with van der Waals surface area (Å²) >= 11 is 0. The lowest BCUT2D eigenvalue weighted by molar-refractivity contribution is 0.1000. The number of primary amides is 1. The molecule has 1 aliphatic rings. The van der Waals surface area contributed by atoms with Gasteiger partial charge in [0, 0.05) is 17.8 Å². The molecule has 0 bridgehead atoms. The summed E-state index contributed by atoms with van der Waals surface area (Å²) in [4.78, 5) is 11.3. The SMILES string of the molecule is Cc1c(NCc2ccc(C3CC3)cc2)cccc1C(N)=O. The second kappa shape index (κ2) is 5.60. The Morgan fingerprint density at radius 2 is 1.90 bits per heavy atom. The van der Waals surface area contributed by atoms with E-state index < -0.39 is 0 Å². The molecule has 0 saturated heterocycles. The summed E-state index contributed by atoms with van der Waals surface area (Å²) in [6, 6.07) is 14.4. The van der Waals surface area contributed by atoms with E-state index in [0.29, 0.717) is 5.56 Å². The van der Waals surface area contributed by atoms with E-state index in [-0.39, 0.29) is 5.91 Å². The van der Waals surface area contributed by atoms with Gasteiger partial charge in [0.1, 0.15) is 0 Å². The third-order valence-corrected chi connectivity index (χ3v) is 4.11. The van der Waals surface area contributed by atoms with Gasteiger partial charge in [-0.2, -0.15) is 0 Å². The number of rotatable bonds is 5. The molecule has 108 valence electrons. The molecule has 3 nitrogen and oxygen atoms in total. The topological polar surface area (TPSA) is 55.1 Å². The van der Waals surface area contributed by atoms with Crippen molar-refractivity contribution in [3.8, 4) is 0 Å². The molecule has 1 aliphatic carbocycles. The summed E-state index contributed by atoms with van der Waals surface area (Å²) in [5.41, 5.74) is 10.5. The molecule has 3 N–H and O–H groups in total. The van der Waals surface area contributed by atoms with Crippen molar-refractivity contribution >= 4 is 11.6 Å². The second-order valence-corrected chi connectivity index (χ2v) is 5.71. The zero-order valence-corrected chi connectivity index (χ0v) is 12.2. The molecule has 0 atom stereocenters. The largest absolute Gasteiger partial charge is 0.381 e. The van der Waals surface area contributed by atoms with E-state index in [1.807, 2.05) is 19.1 Å². The van der Waals surface area contributed by atoms with E-state index in [9.17, 15) is 4.79 Å². The fourth-order valence-corrected chi connectivity index (χ4v) is 2.62. The maximum atomic E-state index is 11.3. The highest BCUT2D eigenvalue weighted by Crippen LogP contribution is 2.39. The summed E-state index contributed by atoms with van der Waals surface area (Å²) < 4.78 is 0. The summed E-state index contributed by atoms with van der Waals surface area (Å²) in [5, 5.41) is 3.38. The molecule has 0 spiro atoms. The van der Waals surface area contributed by atoms with Gasteiger partial charge in [-0.1, -0.05) is 30.3 Å². The number of hydrogen-bond donors (Lipinski definition) is 2. The van der Waals surface area contributed by atoms with Gasteiger partial charge in [-0.05, 0) is 54.5 Å². The zero-order chi connectivity index (χ0) is 14.8. The van der Waals surface area contributed by atoms with Crippen LogP contribution in [0.4, 0.5) is 5.69 Å². The Labute approximate surface area is 125 Å². The Morgan fingerprint density at radius 3 is 2.52 bits per heavy atom. The predicted octanol–water partition coefficient (Wildman–Crippen LogP) is 3.58. The van der Waals surface area contributed by atoms with Crippen LogP contribution < -0.4 is 11.1 Å². The summed E-state index contributed by atoms with van der Waals surface area (Å²) in [6.45, 7) is 2.66. The molecule has 0 aliphatic heterocycles. The molecule has 1 saturated carbocycles. The highest BCUT2D eigenvalue weighted by Gasteiger charge is 2.22. The van der Waals surface area contributed by atoms with E-state index in [1.165, 1.54) is 24.0 Å². The number of benzene rings is 2. The van der Waals surface area contributed by atoms with Crippen LogP contribution in [0, 0.1) is 6.92 Å². The molecule has 0 radical (unpaired) electrons. The standard InChI is InChI=1S/C18H20N2O/c1-12-16(18(19)21)3-2-4-17(12)20-11-13-5-7-14(8-6-13)15-9-10-15/h2-8,15,20H,9-11H2,1H3,(H2,19,21). The van der Waals surface area contributed by atoms with Gasteiger partial charge in [0.2, 0.25) is 5.91 Å². The number of amides is 1. The minimum Gasteiger partial charge on any atom is -0.381 e. The molecule has 0 unspecified atom stereocenters. The minimum atomic E-state index is -0.384. The first-order valence-corrected chi connectivity index (χ1v) is 7.37. The molecule has 2 aromatic carbocycles. The quantitative estimate of drug-likeness (QED) is 0.879. The number of nitrogens with one attached hydrogen (secondary N) is 1. The first-order chi connectivity index (χ1) is 10.1. The van der Waals surface area contributed by atoms with E-state index in [2.05, 4.69) is 29.6 Å². The maximum absolute atomic E-state index is 11.3. The van der Waals surface area contributed by atoms with Gasteiger partial charge < -0.3 is 11.1 Å². The van der Waals surface area contributed by atoms with Crippen LogP contribution in [0.2, 0.25) is 0 Å². The molecule has 3 rings (SSSR count). The highest BCUT2D eigenvalue weighted by molar-refractivity contribution is 5.95. The lowest BCUT2D eigenvalue weighted by Crippen LogP contribution is -2.13. The van der Waals surface area contributed by atoms with Gasteiger partial charge in [0.05, 0.1) is 0 Å². The molecular formula is C18H20N2O. The average molecular weight is 280 g/mol. The number of carbonyl (C=O) groups excluding carboxylic acids is 1. The summed E-state index contributed by atoms with van der Waals surface area (Å²) in [6.07, 6.45) is 2.66. The second-order valence-electron chi connectivity index (χ2n) is 5.71. The van der Waals surface area contributed by atoms with E-state index in [0.717, 1.165) is 23.7 Å². The van der Waals surface area contributed by atoms with Crippen molar-refractivity contribution in [3.05, 3.63) is 64.7 Å². The van der Waals surface area contributed by atoms with Crippen LogP contribution >= 0.6 is 0 Å². The first kappa shape index (κ1) is 13.7. The van der Waals surface area contributed by atoms with Crippen LogP contribution in [0.25, 0.3) is 0 Å². The number of nitrogens with two attached hydrogens (primary N) is 1. The lowest BCUT2D eigenvalue weighted by Gasteiger charge is -2.12. The molecular weight excluding hydrogens is 260 g/mol. The Kier molecular flexibility index (Phi) is 3.65. The van der Waals surface area contributed by atoms with Gasteiger partial charge in [-0.3, -0.25) is 4.79 Å². The minimum absolute atomic E-state index is 0.384. The Hall–Kier alpha value is -2.29. The molecule has 0 heterocycles. The van der Waals surface area contributed by atoms with Gasteiger partial charge in [-0.25, -0.2) is 0 Å². The van der Waals surface area contributed by atoms with Gasteiger partial charge in [0.15, 0.2) is 0 Å². The van der Waals surface area contributed by atoms with Crippen molar-refractivity contribution in [2.45, 2.75) is 32.2 Å². The van der Waals surface area contributed by atoms with Gasteiger partial charge >= 0.3 is 0 Å². The fourth-order valence-electron chi connectivity index (χ4n) is 2.62.